The molecular weight excluding hydrogens is 299 g/mol. The third-order valence-electron chi connectivity index (χ3n) is 4.30. The first-order valence-electron chi connectivity index (χ1n) is 7.40. The molecule has 2 aromatic rings. The smallest absolute Gasteiger partial charge is 0.227 e. The minimum atomic E-state index is -0.220. The van der Waals surface area contributed by atoms with Gasteiger partial charge in [0.25, 0.3) is 0 Å². The number of nitrogen functional groups attached to an aromatic ring is 1. The predicted octanol–water partition coefficient (Wildman–Crippen LogP) is 3.96. The van der Waals surface area contributed by atoms with Gasteiger partial charge in [0.15, 0.2) is 5.13 Å². The number of nitrogens with zero attached hydrogens (tertiary/aromatic N) is 1. The van der Waals surface area contributed by atoms with Gasteiger partial charge < -0.3 is 10.6 Å². The molecular formula is C17H19FN2OS. The lowest BCUT2D eigenvalue weighted by Crippen LogP contribution is -2.29. The summed E-state index contributed by atoms with van der Waals surface area (Å²) in [6.45, 7) is 4.39. The van der Waals surface area contributed by atoms with E-state index in [-0.39, 0.29) is 11.0 Å². The minimum Gasteiger partial charge on any atom is -0.398 e. The predicted molar refractivity (Wildman–Crippen MR) is 88.7 cm³/mol. The molecule has 0 fully saturated rings. The topological polar surface area (TPSA) is 46.3 Å². The van der Waals surface area contributed by atoms with E-state index in [9.17, 15) is 9.18 Å². The summed E-state index contributed by atoms with van der Waals surface area (Å²) in [6.07, 6.45) is 2.19. The fraction of sp³-hybridized carbons (Fsp3) is 0.353. The Labute approximate surface area is 133 Å². The van der Waals surface area contributed by atoms with Crippen molar-refractivity contribution in [2.45, 2.75) is 39.7 Å². The van der Waals surface area contributed by atoms with Gasteiger partial charge in [-0.2, -0.15) is 4.39 Å². The van der Waals surface area contributed by atoms with Gasteiger partial charge in [-0.25, -0.2) is 0 Å². The second-order valence-corrected chi connectivity index (χ2v) is 6.89. The molecule has 1 amide bonds. The van der Waals surface area contributed by atoms with Crippen molar-refractivity contribution < 1.29 is 9.18 Å². The average Bonchev–Trinajstić information content (AvgIpc) is 2.83. The van der Waals surface area contributed by atoms with Gasteiger partial charge in [-0.3, -0.25) is 4.79 Å². The quantitative estimate of drug-likeness (QED) is 0.852. The van der Waals surface area contributed by atoms with E-state index in [0.29, 0.717) is 13.0 Å². The van der Waals surface area contributed by atoms with E-state index in [2.05, 4.69) is 0 Å². The average molecular weight is 318 g/mol. The maximum atomic E-state index is 13.2. The number of carbonyl (C=O) groups is 1. The number of thiophene rings is 1. The van der Waals surface area contributed by atoms with Crippen LogP contribution in [-0.4, -0.2) is 5.91 Å². The Morgan fingerprint density at radius 1 is 1.32 bits per heavy atom. The van der Waals surface area contributed by atoms with Gasteiger partial charge in [-0.05, 0) is 61.6 Å². The molecule has 0 spiro atoms. The molecule has 0 atom stereocenters. The fourth-order valence-corrected chi connectivity index (χ4v) is 3.74. The fourth-order valence-electron chi connectivity index (χ4n) is 3.03. The van der Waals surface area contributed by atoms with E-state index in [0.717, 1.165) is 57.1 Å². The van der Waals surface area contributed by atoms with Crippen molar-refractivity contribution in [2.75, 3.05) is 10.6 Å². The largest absolute Gasteiger partial charge is 0.398 e. The van der Waals surface area contributed by atoms with Gasteiger partial charge in [-0.1, -0.05) is 0 Å². The van der Waals surface area contributed by atoms with Crippen LogP contribution in [0.5, 0.6) is 0 Å². The second kappa shape index (κ2) is 5.72. The number of hydrogen-bond acceptors (Lipinski definition) is 3. The minimum absolute atomic E-state index is 0.0936. The normalized spacial score (nSPS) is 14.9. The number of benzene rings is 1. The molecule has 0 unspecified atom stereocenters. The Bertz CT molecular complexity index is 739. The Hall–Kier alpha value is -1.88. The molecule has 1 aliphatic heterocycles. The molecule has 3 nitrogen and oxygen atoms in total. The Kier molecular flexibility index (Phi) is 3.91. The van der Waals surface area contributed by atoms with Gasteiger partial charge in [0.2, 0.25) is 5.91 Å². The van der Waals surface area contributed by atoms with Crippen LogP contribution in [0, 0.1) is 19.0 Å². The van der Waals surface area contributed by atoms with E-state index in [1.807, 2.05) is 19.9 Å². The Morgan fingerprint density at radius 2 is 2.09 bits per heavy atom. The first kappa shape index (κ1) is 15.0. The van der Waals surface area contributed by atoms with Crippen molar-refractivity contribution in [3.63, 3.8) is 0 Å². The molecule has 1 aliphatic rings. The first-order chi connectivity index (χ1) is 10.5. The first-order valence-corrected chi connectivity index (χ1v) is 8.22. The summed E-state index contributed by atoms with van der Waals surface area (Å²) in [5, 5.41) is -0.220. The Balaban J connectivity index is 2.07. The molecule has 0 aliphatic carbocycles. The third kappa shape index (κ3) is 2.61. The maximum Gasteiger partial charge on any atom is 0.227 e. The molecule has 5 heteroatoms. The van der Waals surface area contributed by atoms with Gasteiger partial charge in [0.05, 0.1) is 6.54 Å². The summed E-state index contributed by atoms with van der Waals surface area (Å²) in [4.78, 5) is 15.1. The highest BCUT2D eigenvalue weighted by Crippen LogP contribution is 2.36. The number of rotatable bonds is 2. The molecule has 0 saturated carbocycles. The van der Waals surface area contributed by atoms with E-state index in [1.165, 1.54) is 6.07 Å². The van der Waals surface area contributed by atoms with Crippen LogP contribution in [0.15, 0.2) is 18.2 Å². The number of anilines is 2. The second-order valence-electron chi connectivity index (χ2n) is 5.77. The molecule has 3 rings (SSSR count). The van der Waals surface area contributed by atoms with E-state index in [4.69, 9.17) is 5.73 Å². The molecule has 2 heterocycles. The molecule has 2 N–H and O–H groups in total. The zero-order valence-corrected chi connectivity index (χ0v) is 13.6. The van der Waals surface area contributed by atoms with Crippen LogP contribution in [0.25, 0.3) is 0 Å². The number of amides is 1. The van der Waals surface area contributed by atoms with Crippen molar-refractivity contribution >= 4 is 28.6 Å². The summed E-state index contributed by atoms with van der Waals surface area (Å²) in [7, 11) is 0. The SMILES string of the molecule is Cc1cc2c(c(C)c1N)CCCC(=O)N2Cc1ccc(F)s1. The maximum absolute atomic E-state index is 13.2. The number of carbonyl (C=O) groups excluding carboxylic acids is 1. The molecule has 0 radical (unpaired) electrons. The summed E-state index contributed by atoms with van der Waals surface area (Å²) < 4.78 is 13.2. The summed E-state index contributed by atoms with van der Waals surface area (Å²) in [5.41, 5.74) is 11.1. The highest BCUT2D eigenvalue weighted by atomic mass is 32.1. The molecule has 1 aromatic carbocycles. The molecule has 116 valence electrons. The van der Waals surface area contributed by atoms with Crippen LogP contribution in [-0.2, 0) is 17.8 Å². The highest BCUT2D eigenvalue weighted by Gasteiger charge is 2.25. The van der Waals surface area contributed by atoms with Gasteiger partial charge >= 0.3 is 0 Å². The molecule has 0 saturated heterocycles. The van der Waals surface area contributed by atoms with E-state index < -0.39 is 0 Å². The van der Waals surface area contributed by atoms with E-state index >= 15 is 0 Å². The lowest BCUT2D eigenvalue weighted by molar-refractivity contribution is -0.118. The highest BCUT2D eigenvalue weighted by molar-refractivity contribution is 7.10. The summed E-state index contributed by atoms with van der Waals surface area (Å²) >= 11 is 1.09. The van der Waals surface area contributed by atoms with Gasteiger partial charge in [0, 0.05) is 22.7 Å². The van der Waals surface area contributed by atoms with Crippen molar-refractivity contribution in [3.05, 3.63) is 44.9 Å². The van der Waals surface area contributed by atoms with Crippen molar-refractivity contribution in [3.8, 4) is 0 Å². The third-order valence-corrected chi connectivity index (χ3v) is 5.15. The van der Waals surface area contributed by atoms with Gasteiger partial charge in [-0.15, -0.1) is 11.3 Å². The van der Waals surface area contributed by atoms with Crippen LogP contribution in [0.4, 0.5) is 15.8 Å². The number of aryl methyl sites for hydroxylation is 1. The molecule has 0 bridgehead atoms. The van der Waals surface area contributed by atoms with Crippen LogP contribution < -0.4 is 10.6 Å². The monoisotopic (exact) mass is 318 g/mol. The van der Waals surface area contributed by atoms with Crippen LogP contribution >= 0.6 is 11.3 Å². The van der Waals surface area contributed by atoms with E-state index in [1.54, 1.807) is 11.0 Å². The summed E-state index contributed by atoms with van der Waals surface area (Å²) in [6, 6.07) is 5.18. The van der Waals surface area contributed by atoms with Crippen LogP contribution in [0.2, 0.25) is 0 Å². The molecule has 22 heavy (non-hydrogen) atoms. The van der Waals surface area contributed by atoms with Crippen molar-refractivity contribution in [1.29, 1.82) is 0 Å². The molecule has 1 aromatic heterocycles. The van der Waals surface area contributed by atoms with Gasteiger partial charge in [0.1, 0.15) is 0 Å². The number of fused-ring (bicyclic) bond motifs is 1. The standard InChI is InChI=1S/C17H19FN2OS/c1-10-8-14-13(11(2)17(10)19)4-3-5-16(21)20(14)9-12-6-7-15(18)22-12/h6-8H,3-5,9,19H2,1-2H3. The zero-order chi connectivity index (χ0) is 15.9. The zero-order valence-electron chi connectivity index (χ0n) is 12.8. The lowest BCUT2D eigenvalue weighted by atomic mass is 9.97. The van der Waals surface area contributed by atoms with Crippen molar-refractivity contribution in [2.24, 2.45) is 0 Å². The lowest BCUT2D eigenvalue weighted by Gasteiger charge is -2.25. The van der Waals surface area contributed by atoms with Crippen LogP contribution in [0.3, 0.4) is 0 Å². The number of halogens is 1. The summed E-state index contributed by atoms with van der Waals surface area (Å²) in [5.74, 6) is 0.0936. The number of hydrogen-bond donors (Lipinski definition) is 1. The Morgan fingerprint density at radius 3 is 2.77 bits per heavy atom. The number of nitrogens with two attached hydrogens (primary N) is 1. The van der Waals surface area contributed by atoms with Crippen molar-refractivity contribution in [1.82, 2.24) is 0 Å². The van der Waals surface area contributed by atoms with Crippen LogP contribution in [0.1, 0.15) is 34.4 Å².